The highest BCUT2D eigenvalue weighted by atomic mass is 19.3. The maximum Gasteiger partial charge on any atom is 0.387 e. The number of aliphatic imine (C=N–C) groups is 1. The molecule has 0 N–H and O–H groups in total. The smallest absolute Gasteiger partial charge is 0.387 e. The first-order chi connectivity index (χ1) is 12.6. The Bertz CT molecular complexity index is 863. The van der Waals surface area contributed by atoms with Gasteiger partial charge in [-0.2, -0.15) is 8.78 Å². The summed E-state index contributed by atoms with van der Waals surface area (Å²) in [5, 5.41) is 0. The molecule has 0 unspecified atom stereocenters. The average Bonchev–Trinajstić information content (AvgIpc) is 2.99. The van der Waals surface area contributed by atoms with Gasteiger partial charge >= 0.3 is 12.6 Å². The van der Waals surface area contributed by atoms with Gasteiger partial charge in [-0.25, -0.2) is 9.79 Å². The van der Waals surface area contributed by atoms with Crippen molar-refractivity contribution in [3.63, 3.8) is 0 Å². The van der Waals surface area contributed by atoms with Crippen molar-refractivity contribution >= 4 is 17.9 Å². The number of rotatable bonds is 6. The van der Waals surface area contributed by atoms with Gasteiger partial charge in [-0.05, 0) is 31.2 Å². The first-order valence-electron chi connectivity index (χ1n) is 7.87. The Kier molecular flexibility index (Phi) is 5.26. The van der Waals surface area contributed by atoms with Crippen molar-refractivity contribution in [1.29, 1.82) is 0 Å². The zero-order valence-corrected chi connectivity index (χ0v) is 13.8. The van der Waals surface area contributed by atoms with E-state index in [9.17, 15) is 13.6 Å². The van der Waals surface area contributed by atoms with E-state index in [1.54, 1.807) is 37.3 Å². The lowest BCUT2D eigenvalue weighted by Crippen LogP contribution is -2.07. The summed E-state index contributed by atoms with van der Waals surface area (Å²) in [6, 6.07) is 13.5. The predicted molar refractivity (Wildman–Crippen MR) is 91.3 cm³/mol. The minimum absolute atomic E-state index is 0.0170. The summed E-state index contributed by atoms with van der Waals surface area (Å²) >= 11 is 0. The molecule has 0 fully saturated rings. The van der Waals surface area contributed by atoms with Crippen molar-refractivity contribution in [2.45, 2.75) is 13.5 Å². The third-order valence-electron chi connectivity index (χ3n) is 3.45. The Balaban J connectivity index is 2.00. The van der Waals surface area contributed by atoms with Crippen molar-refractivity contribution in [3.05, 3.63) is 65.4 Å². The van der Waals surface area contributed by atoms with Gasteiger partial charge < -0.3 is 14.2 Å². The normalized spacial score (nSPS) is 15.2. The first kappa shape index (κ1) is 17.6. The molecule has 1 aliphatic heterocycles. The van der Waals surface area contributed by atoms with Crippen molar-refractivity contribution in [3.8, 4) is 11.5 Å². The maximum atomic E-state index is 12.8. The van der Waals surface area contributed by atoms with Crippen molar-refractivity contribution in [2.24, 2.45) is 4.99 Å². The zero-order chi connectivity index (χ0) is 18.5. The Morgan fingerprint density at radius 3 is 2.62 bits per heavy atom. The van der Waals surface area contributed by atoms with E-state index >= 15 is 0 Å². The standard InChI is InChI=1S/C19H15F2NO4/c1-2-24-15-10-6-9-13(16(15)25-19(20)21)11-14-18(23)26-17(22-14)12-7-4-3-5-8-12/h3-11,19H,2H2,1H3/b14-11-. The molecule has 2 aromatic rings. The lowest BCUT2D eigenvalue weighted by Gasteiger charge is -2.13. The monoisotopic (exact) mass is 359 g/mol. The molecular formula is C19H15F2NO4. The van der Waals surface area contributed by atoms with Crippen LogP contribution in [0.2, 0.25) is 0 Å². The second kappa shape index (κ2) is 7.77. The number of para-hydroxylation sites is 1. The van der Waals surface area contributed by atoms with E-state index in [2.05, 4.69) is 9.73 Å². The lowest BCUT2D eigenvalue weighted by atomic mass is 10.1. The van der Waals surface area contributed by atoms with Crippen molar-refractivity contribution < 1.29 is 27.8 Å². The van der Waals surface area contributed by atoms with Crippen LogP contribution < -0.4 is 9.47 Å². The number of benzene rings is 2. The predicted octanol–water partition coefficient (Wildman–Crippen LogP) is 4.03. The third-order valence-corrected chi connectivity index (χ3v) is 3.45. The van der Waals surface area contributed by atoms with E-state index in [0.29, 0.717) is 5.56 Å². The number of ether oxygens (including phenoxy) is 3. The Hall–Kier alpha value is -3.22. The Morgan fingerprint density at radius 2 is 1.92 bits per heavy atom. The highest BCUT2D eigenvalue weighted by Crippen LogP contribution is 2.35. The highest BCUT2D eigenvalue weighted by molar-refractivity contribution is 6.12. The molecule has 7 heteroatoms. The molecule has 2 aromatic carbocycles. The van der Waals surface area contributed by atoms with Gasteiger partial charge in [0.15, 0.2) is 17.2 Å². The van der Waals surface area contributed by atoms with E-state index in [0.717, 1.165) is 0 Å². The fraction of sp³-hybridized carbons (Fsp3) is 0.158. The molecule has 0 spiro atoms. The summed E-state index contributed by atoms with van der Waals surface area (Å²) in [5.74, 6) is -0.526. The molecule has 0 saturated carbocycles. The number of nitrogens with zero attached hydrogens (tertiary/aromatic N) is 1. The van der Waals surface area contributed by atoms with Crippen LogP contribution in [0, 0.1) is 0 Å². The number of cyclic esters (lactones) is 1. The number of hydrogen-bond acceptors (Lipinski definition) is 5. The molecule has 3 rings (SSSR count). The summed E-state index contributed by atoms with van der Waals surface area (Å²) in [5.41, 5.74) is 0.856. The average molecular weight is 359 g/mol. The molecular weight excluding hydrogens is 344 g/mol. The number of carbonyl (C=O) groups is 1. The number of halogens is 2. The molecule has 5 nitrogen and oxygen atoms in total. The molecule has 1 aliphatic rings. The number of carbonyl (C=O) groups excluding carboxylic acids is 1. The van der Waals surface area contributed by atoms with Gasteiger partial charge in [0.1, 0.15) is 0 Å². The topological polar surface area (TPSA) is 57.1 Å². The van der Waals surface area contributed by atoms with Crippen LogP contribution in [0.3, 0.4) is 0 Å². The molecule has 0 bridgehead atoms. The maximum absolute atomic E-state index is 12.8. The van der Waals surface area contributed by atoms with Crippen LogP contribution in [0.5, 0.6) is 11.5 Å². The summed E-state index contributed by atoms with van der Waals surface area (Å²) in [6.07, 6.45) is 1.33. The lowest BCUT2D eigenvalue weighted by molar-refractivity contribution is -0.129. The van der Waals surface area contributed by atoms with Crippen LogP contribution in [0.25, 0.3) is 6.08 Å². The molecule has 134 valence electrons. The van der Waals surface area contributed by atoms with Crippen molar-refractivity contribution in [2.75, 3.05) is 6.61 Å². The largest absolute Gasteiger partial charge is 0.490 e. The van der Waals surface area contributed by atoms with E-state index in [-0.39, 0.29) is 35.3 Å². The molecule has 0 aliphatic carbocycles. The van der Waals surface area contributed by atoms with E-state index < -0.39 is 12.6 Å². The first-order valence-corrected chi connectivity index (χ1v) is 7.87. The van der Waals surface area contributed by atoms with E-state index in [1.807, 2.05) is 6.07 Å². The zero-order valence-electron chi connectivity index (χ0n) is 13.8. The van der Waals surface area contributed by atoms with Gasteiger partial charge in [-0.3, -0.25) is 0 Å². The highest BCUT2D eigenvalue weighted by Gasteiger charge is 2.25. The Morgan fingerprint density at radius 1 is 1.15 bits per heavy atom. The fourth-order valence-corrected chi connectivity index (χ4v) is 2.39. The van der Waals surface area contributed by atoms with Crippen LogP contribution in [0.4, 0.5) is 8.78 Å². The summed E-state index contributed by atoms with van der Waals surface area (Å²) < 4.78 is 40.6. The van der Waals surface area contributed by atoms with Gasteiger partial charge in [0.05, 0.1) is 6.61 Å². The van der Waals surface area contributed by atoms with Crippen LogP contribution in [0.15, 0.2) is 59.2 Å². The van der Waals surface area contributed by atoms with E-state index in [1.165, 1.54) is 18.2 Å². The minimum Gasteiger partial charge on any atom is -0.490 e. The van der Waals surface area contributed by atoms with Gasteiger partial charge in [0.2, 0.25) is 5.90 Å². The number of hydrogen-bond donors (Lipinski definition) is 0. The third kappa shape index (κ3) is 3.88. The summed E-state index contributed by atoms with van der Waals surface area (Å²) in [6.45, 7) is -1.03. The van der Waals surface area contributed by atoms with Gasteiger partial charge in [-0.15, -0.1) is 0 Å². The molecule has 1 heterocycles. The van der Waals surface area contributed by atoms with Gasteiger partial charge in [0.25, 0.3) is 0 Å². The molecule has 0 amide bonds. The quantitative estimate of drug-likeness (QED) is 0.577. The second-order valence-electron chi connectivity index (χ2n) is 5.19. The number of alkyl halides is 2. The van der Waals surface area contributed by atoms with Gasteiger partial charge in [0, 0.05) is 11.1 Å². The van der Waals surface area contributed by atoms with Crippen LogP contribution in [-0.4, -0.2) is 25.1 Å². The molecule has 0 saturated heterocycles. The Labute approximate surface area is 148 Å². The second-order valence-corrected chi connectivity index (χ2v) is 5.19. The number of esters is 1. The SMILES string of the molecule is CCOc1cccc(/C=C2\N=C(c3ccccc3)OC2=O)c1OC(F)F. The summed E-state index contributed by atoms with van der Waals surface area (Å²) in [4.78, 5) is 16.2. The van der Waals surface area contributed by atoms with Gasteiger partial charge in [-0.1, -0.05) is 30.3 Å². The summed E-state index contributed by atoms with van der Waals surface area (Å²) in [7, 11) is 0. The fourth-order valence-electron chi connectivity index (χ4n) is 2.39. The van der Waals surface area contributed by atoms with Crippen LogP contribution in [0.1, 0.15) is 18.1 Å². The molecule has 0 atom stereocenters. The molecule has 0 aromatic heterocycles. The van der Waals surface area contributed by atoms with Crippen LogP contribution >= 0.6 is 0 Å². The van der Waals surface area contributed by atoms with Crippen molar-refractivity contribution in [1.82, 2.24) is 0 Å². The minimum atomic E-state index is -3.03. The van der Waals surface area contributed by atoms with E-state index in [4.69, 9.17) is 9.47 Å². The molecule has 0 radical (unpaired) electrons. The van der Waals surface area contributed by atoms with Crippen LogP contribution in [-0.2, 0) is 9.53 Å². The molecule has 26 heavy (non-hydrogen) atoms.